The topological polar surface area (TPSA) is 41.6 Å². The molecule has 0 aliphatic heterocycles. The molecule has 0 aromatic heterocycles. The minimum Gasteiger partial charge on any atom is -0.497 e. The lowest BCUT2D eigenvalue weighted by Gasteiger charge is -2.25. The van der Waals surface area contributed by atoms with Gasteiger partial charge in [0.15, 0.2) is 0 Å². The highest BCUT2D eigenvalue weighted by molar-refractivity contribution is 5.85. The SMILES string of the molecule is COc1ccc([C@H](CNC(=O)Cc2ccc3ccccc3c2)N(C)C)cc1. The van der Waals surface area contributed by atoms with Gasteiger partial charge in [-0.2, -0.15) is 0 Å². The van der Waals surface area contributed by atoms with E-state index in [9.17, 15) is 4.79 Å². The summed E-state index contributed by atoms with van der Waals surface area (Å²) in [7, 11) is 5.69. The predicted molar refractivity (Wildman–Crippen MR) is 110 cm³/mol. The van der Waals surface area contributed by atoms with Crippen LogP contribution in [0.4, 0.5) is 0 Å². The van der Waals surface area contributed by atoms with Gasteiger partial charge in [0.05, 0.1) is 19.6 Å². The summed E-state index contributed by atoms with van der Waals surface area (Å²) < 4.78 is 5.22. The second-order valence-corrected chi connectivity index (χ2v) is 6.91. The van der Waals surface area contributed by atoms with E-state index in [1.165, 1.54) is 5.39 Å². The number of hydrogen-bond acceptors (Lipinski definition) is 3. The van der Waals surface area contributed by atoms with E-state index in [0.717, 1.165) is 22.3 Å². The van der Waals surface area contributed by atoms with Crippen LogP contribution in [-0.4, -0.2) is 38.6 Å². The van der Waals surface area contributed by atoms with E-state index >= 15 is 0 Å². The van der Waals surface area contributed by atoms with Crippen molar-refractivity contribution in [2.75, 3.05) is 27.7 Å². The molecular weight excluding hydrogens is 336 g/mol. The van der Waals surface area contributed by atoms with Gasteiger partial charge in [-0.15, -0.1) is 0 Å². The summed E-state index contributed by atoms with van der Waals surface area (Å²) in [4.78, 5) is 14.6. The van der Waals surface area contributed by atoms with Gasteiger partial charge in [0.1, 0.15) is 5.75 Å². The molecule has 140 valence electrons. The van der Waals surface area contributed by atoms with Crippen molar-refractivity contribution >= 4 is 16.7 Å². The Balaban J connectivity index is 1.62. The Hall–Kier alpha value is -2.85. The summed E-state index contributed by atoms with van der Waals surface area (Å²) in [6.45, 7) is 0.561. The molecule has 0 aliphatic rings. The molecule has 4 heteroatoms. The van der Waals surface area contributed by atoms with Crippen LogP contribution in [0.3, 0.4) is 0 Å². The number of likely N-dealkylation sites (N-methyl/N-ethyl adjacent to an activating group) is 1. The zero-order valence-corrected chi connectivity index (χ0v) is 16.1. The molecule has 27 heavy (non-hydrogen) atoms. The van der Waals surface area contributed by atoms with Crippen LogP contribution in [0.25, 0.3) is 10.8 Å². The molecule has 0 bridgehead atoms. The number of methoxy groups -OCH3 is 1. The third kappa shape index (κ3) is 4.86. The molecule has 0 radical (unpaired) electrons. The summed E-state index contributed by atoms with van der Waals surface area (Å²) >= 11 is 0. The maximum atomic E-state index is 12.5. The highest BCUT2D eigenvalue weighted by atomic mass is 16.5. The number of nitrogens with one attached hydrogen (secondary N) is 1. The number of rotatable bonds is 7. The van der Waals surface area contributed by atoms with Crippen LogP contribution in [0, 0.1) is 0 Å². The van der Waals surface area contributed by atoms with E-state index < -0.39 is 0 Å². The first kappa shape index (κ1) is 18.9. The number of hydrogen-bond donors (Lipinski definition) is 1. The fourth-order valence-electron chi connectivity index (χ4n) is 3.23. The third-order valence-electron chi connectivity index (χ3n) is 4.80. The number of carbonyl (C=O) groups is 1. The number of fused-ring (bicyclic) bond motifs is 1. The van der Waals surface area contributed by atoms with Crippen molar-refractivity contribution in [3.05, 3.63) is 77.9 Å². The quantitative estimate of drug-likeness (QED) is 0.695. The van der Waals surface area contributed by atoms with Crippen molar-refractivity contribution in [1.82, 2.24) is 10.2 Å². The molecule has 3 aromatic carbocycles. The van der Waals surface area contributed by atoms with Gasteiger partial charge in [0, 0.05) is 6.54 Å². The monoisotopic (exact) mass is 362 g/mol. The number of benzene rings is 3. The summed E-state index contributed by atoms with van der Waals surface area (Å²) in [5.41, 5.74) is 2.17. The second kappa shape index (κ2) is 8.69. The summed E-state index contributed by atoms with van der Waals surface area (Å²) in [5.74, 6) is 0.863. The van der Waals surface area contributed by atoms with E-state index in [1.54, 1.807) is 7.11 Å². The lowest BCUT2D eigenvalue weighted by molar-refractivity contribution is -0.120. The Morgan fingerprint density at radius 1 is 1.00 bits per heavy atom. The molecule has 0 unspecified atom stereocenters. The van der Waals surface area contributed by atoms with Crippen molar-refractivity contribution in [3.63, 3.8) is 0 Å². The minimum atomic E-state index is 0.0330. The van der Waals surface area contributed by atoms with Crippen LogP contribution in [-0.2, 0) is 11.2 Å². The highest BCUT2D eigenvalue weighted by Crippen LogP contribution is 2.21. The lowest BCUT2D eigenvalue weighted by Crippen LogP contribution is -2.35. The van der Waals surface area contributed by atoms with Crippen molar-refractivity contribution < 1.29 is 9.53 Å². The van der Waals surface area contributed by atoms with Gasteiger partial charge >= 0.3 is 0 Å². The van der Waals surface area contributed by atoms with Crippen LogP contribution in [0.1, 0.15) is 17.2 Å². The standard InChI is InChI=1S/C23H26N2O2/c1-25(2)22(19-10-12-21(27-3)13-11-19)16-24-23(26)15-17-8-9-18-6-4-5-7-20(18)14-17/h4-14,22H,15-16H2,1-3H3,(H,24,26)/t22-/m0/s1. The van der Waals surface area contributed by atoms with E-state index in [-0.39, 0.29) is 11.9 Å². The predicted octanol–water partition coefficient (Wildman–Crippen LogP) is 3.81. The summed E-state index contributed by atoms with van der Waals surface area (Å²) in [6, 6.07) is 22.4. The van der Waals surface area contributed by atoms with Gasteiger partial charge in [-0.25, -0.2) is 0 Å². The largest absolute Gasteiger partial charge is 0.497 e. The van der Waals surface area contributed by atoms with Crippen molar-refractivity contribution in [1.29, 1.82) is 0 Å². The molecular formula is C23H26N2O2. The zero-order valence-electron chi connectivity index (χ0n) is 16.1. The molecule has 0 spiro atoms. The Labute approximate surface area is 160 Å². The maximum absolute atomic E-state index is 12.5. The molecule has 0 fully saturated rings. The Morgan fingerprint density at radius 2 is 1.70 bits per heavy atom. The number of amides is 1. The highest BCUT2D eigenvalue weighted by Gasteiger charge is 2.15. The molecule has 0 saturated carbocycles. The zero-order chi connectivity index (χ0) is 19.2. The van der Waals surface area contributed by atoms with E-state index in [2.05, 4.69) is 34.5 Å². The van der Waals surface area contributed by atoms with Gasteiger partial charge in [0.25, 0.3) is 0 Å². The third-order valence-corrected chi connectivity index (χ3v) is 4.80. The lowest BCUT2D eigenvalue weighted by atomic mass is 10.0. The Bertz CT molecular complexity index is 904. The van der Waals surface area contributed by atoms with Gasteiger partial charge in [-0.05, 0) is 48.1 Å². The van der Waals surface area contributed by atoms with Crippen LogP contribution >= 0.6 is 0 Å². The molecule has 3 aromatic rings. The van der Waals surface area contributed by atoms with Gasteiger partial charge in [-0.1, -0.05) is 54.6 Å². The first-order valence-electron chi connectivity index (χ1n) is 9.11. The molecule has 3 rings (SSSR count). The average Bonchev–Trinajstić information content (AvgIpc) is 2.68. The van der Waals surface area contributed by atoms with Crippen LogP contribution in [0.2, 0.25) is 0 Å². The van der Waals surface area contributed by atoms with Gasteiger partial charge in [0.2, 0.25) is 5.91 Å². The van der Waals surface area contributed by atoms with Crippen molar-refractivity contribution in [3.8, 4) is 5.75 Å². The smallest absolute Gasteiger partial charge is 0.224 e. The number of carbonyl (C=O) groups excluding carboxylic acids is 1. The summed E-state index contributed by atoms with van der Waals surface area (Å²) in [6.07, 6.45) is 0.383. The molecule has 1 N–H and O–H groups in total. The number of ether oxygens (including phenoxy) is 1. The fraction of sp³-hybridized carbons (Fsp3) is 0.261. The van der Waals surface area contributed by atoms with Crippen LogP contribution in [0.15, 0.2) is 66.7 Å². The number of nitrogens with zero attached hydrogens (tertiary/aromatic N) is 1. The first-order chi connectivity index (χ1) is 13.1. The van der Waals surface area contributed by atoms with Gasteiger partial charge in [-0.3, -0.25) is 4.79 Å². The first-order valence-corrected chi connectivity index (χ1v) is 9.11. The minimum absolute atomic E-state index is 0.0330. The summed E-state index contributed by atoms with van der Waals surface area (Å²) in [5, 5.41) is 5.42. The van der Waals surface area contributed by atoms with Crippen LogP contribution < -0.4 is 10.1 Å². The van der Waals surface area contributed by atoms with Crippen LogP contribution in [0.5, 0.6) is 5.75 Å². The Morgan fingerprint density at radius 3 is 2.37 bits per heavy atom. The van der Waals surface area contributed by atoms with Crippen molar-refractivity contribution in [2.24, 2.45) is 0 Å². The molecule has 4 nitrogen and oxygen atoms in total. The van der Waals surface area contributed by atoms with E-state index in [1.807, 2.05) is 56.6 Å². The maximum Gasteiger partial charge on any atom is 0.224 e. The molecule has 0 heterocycles. The normalized spacial score (nSPS) is 12.1. The van der Waals surface area contributed by atoms with Crippen molar-refractivity contribution in [2.45, 2.75) is 12.5 Å². The molecule has 0 aliphatic carbocycles. The van der Waals surface area contributed by atoms with E-state index in [4.69, 9.17) is 4.74 Å². The molecule has 0 saturated heterocycles. The van der Waals surface area contributed by atoms with Gasteiger partial charge < -0.3 is 15.0 Å². The Kier molecular flexibility index (Phi) is 6.09. The average molecular weight is 362 g/mol. The fourth-order valence-corrected chi connectivity index (χ4v) is 3.23. The van der Waals surface area contributed by atoms with E-state index in [0.29, 0.717) is 13.0 Å². The molecule has 1 amide bonds. The second-order valence-electron chi connectivity index (χ2n) is 6.91. The molecule has 1 atom stereocenters.